The third-order valence-electron chi connectivity index (χ3n) is 3.29. The molecule has 0 heterocycles. The van der Waals surface area contributed by atoms with Crippen LogP contribution in [0, 0.1) is 13.8 Å². The van der Waals surface area contributed by atoms with Crippen molar-refractivity contribution >= 4 is 11.9 Å². The zero-order valence-electron chi connectivity index (χ0n) is 9.55. The molecule has 0 aliphatic heterocycles. The Labute approximate surface area is 90.8 Å². The van der Waals surface area contributed by atoms with Gasteiger partial charge >= 0.3 is 0 Å². The van der Waals surface area contributed by atoms with Gasteiger partial charge in [-0.15, -0.1) is 0 Å². The lowest BCUT2D eigenvalue weighted by Crippen LogP contribution is -2.06. The molecule has 0 radical (unpaired) electrons. The lowest BCUT2D eigenvalue weighted by atomic mass is 9.83. The minimum Gasteiger partial charge on any atom is -0.298 e. The molecule has 15 heavy (non-hydrogen) atoms. The second-order valence-electron chi connectivity index (χ2n) is 4.38. The average Bonchev–Trinajstić information content (AvgIpc) is 2.19. The first-order valence-corrected chi connectivity index (χ1v) is 5.39. The lowest BCUT2D eigenvalue weighted by Gasteiger charge is -2.21. The molecular weight excluding hydrogens is 184 g/mol. The molecule has 0 bridgehead atoms. The Balaban J connectivity index is 2.67. The van der Waals surface area contributed by atoms with Crippen LogP contribution in [0.2, 0.25) is 0 Å². The van der Waals surface area contributed by atoms with Gasteiger partial charge in [-0.25, -0.2) is 0 Å². The highest BCUT2D eigenvalue weighted by atomic mass is 16.1. The molecule has 1 aromatic rings. The highest BCUT2D eigenvalue weighted by molar-refractivity contribution is 5.89. The van der Waals surface area contributed by atoms with Crippen LogP contribution in [0.15, 0.2) is 17.7 Å². The fourth-order valence-electron chi connectivity index (χ4n) is 2.43. The number of benzene rings is 1. The Morgan fingerprint density at radius 3 is 2.53 bits per heavy atom. The van der Waals surface area contributed by atoms with Gasteiger partial charge in [-0.05, 0) is 61.4 Å². The molecular formula is C14H16O. The molecule has 1 heteroatoms. The molecule has 0 atom stereocenters. The van der Waals surface area contributed by atoms with Gasteiger partial charge in [0.2, 0.25) is 0 Å². The summed E-state index contributed by atoms with van der Waals surface area (Å²) in [5.74, 6) is 0. The molecule has 1 aromatic carbocycles. The molecule has 2 rings (SSSR count). The topological polar surface area (TPSA) is 17.1 Å². The molecule has 0 spiro atoms. The van der Waals surface area contributed by atoms with Gasteiger partial charge in [0.05, 0.1) is 0 Å². The van der Waals surface area contributed by atoms with E-state index in [0.29, 0.717) is 0 Å². The maximum absolute atomic E-state index is 10.9. The van der Waals surface area contributed by atoms with Crippen molar-refractivity contribution in [3.05, 3.63) is 40.0 Å². The first kappa shape index (κ1) is 10.2. The fraction of sp³-hybridized carbons (Fsp3) is 0.357. The average molecular weight is 200 g/mol. The molecule has 0 amide bonds. The van der Waals surface area contributed by atoms with Crippen LogP contribution in [-0.4, -0.2) is 6.29 Å². The smallest absolute Gasteiger partial charge is 0.146 e. The number of aryl methyl sites for hydroxylation is 2. The van der Waals surface area contributed by atoms with Gasteiger partial charge in [0.1, 0.15) is 6.29 Å². The van der Waals surface area contributed by atoms with E-state index >= 15 is 0 Å². The number of hydrogen-bond acceptors (Lipinski definition) is 1. The second kappa shape index (κ2) is 3.65. The third-order valence-corrected chi connectivity index (χ3v) is 3.29. The summed E-state index contributed by atoms with van der Waals surface area (Å²) in [5.41, 5.74) is 7.46. The van der Waals surface area contributed by atoms with Crippen molar-refractivity contribution < 1.29 is 4.79 Å². The third kappa shape index (κ3) is 1.63. The molecule has 0 saturated carbocycles. The number of aldehydes is 1. The second-order valence-corrected chi connectivity index (χ2v) is 4.38. The fourth-order valence-corrected chi connectivity index (χ4v) is 2.43. The van der Waals surface area contributed by atoms with Gasteiger partial charge < -0.3 is 0 Å². The summed E-state index contributed by atoms with van der Waals surface area (Å²) < 4.78 is 0. The van der Waals surface area contributed by atoms with Gasteiger partial charge in [-0.3, -0.25) is 4.79 Å². The van der Waals surface area contributed by atoms with Crippen LogP contribution >= 0.6 is 0 Å². The van der Waals surface area contributed by atoms with Crippen molar-refractivity contribution in [2.24, 2.45) is 0 Å². The number of hydrogen-bond donors (Lipinski definition) is 0. The Hall–Kier alpha value is -1.37. The molecule has 1 nitrogen and oxygen atoms in total. The van der Waals surface area contributed by atoms with Crippen molar-refractivity contribution in [3.8, 4) is 0 Å². The van der Waals surface area contributed by atoms with Crippen molar-refractivity contribution in [3.63, 3.8) is 0 Å². The molecule has 78 valence electrons. The van der Waals surface area contributed by atoms with E-state index in [1.807, 2.05) is 0 Å². The number of fused-ring (bicyclic) bond motifs is 1. The summed E-state index contributed by atoms with van der Waals surface area (Å²) >= 11 is 0. The first-order valence-electron chi connectivity index (χ1n) is 5.39. The van der Waals surface area contributed by atoms with Crippen LogP contribution < -0.4 is 0 Å². The van der Waals surface area contributed by atoms with E-state index in [0.717, 1.165) is 30.3 Å². The molecule has 0 unspecified atom stereocenters. The van der Waals surface area contributed by atoms with Gasteiger partial charge in [-0.1, -0.05) is 17.7 Å². The van der Waals surface area contributed by atoms with Crippen LogP contribution in [0.3, 0.4) is 0 Å². The SMILES string of the molecule is CC1=C(C=O)CCc2c(C)cc(C)cc21. The number of rotatable bonds is 1. The quantitative estimate of drug-likeness (QED) is 0.636. The predicted molar refractivity (Wildman–Crippen MR) is 62.9 cm³/mol. The largest absolute Gasteiger partial charge is 0.298 e. The van der Waals surface area contributed by atoms with Gasteiger partial charge in [0.25, 0.3) is 0 Å². The Bertz CT molecular complexity index is 453. The van der Waals surface area contributed by atoms with Gasteiger partial charge in [-0.2, -0.15) is 0 Å². The van der Waals surface area contributed by atoms with Crippen molar-refractivity contribution in [2.45, 2.75) is 33.6 Å². The molecule has 0 aromatic heterocycles. The Kier molecular flexibility index (Phi) is 2.47. The van der Waals surface area contributed by atoms with Gasteiger partial charge in [0, 0.05) is 0 Å². The van der Waals surface area contributed by atoms with Crippen LogP contribution in [0.5, 0.6) is 0 Å². The standard InChI is InChI=1S/C14H16O/c1-9-6-10(2)13-5-4-12(8-15)11(3)14(13)7-9/h6-8H,4-5H2,1-3H3. The van der Waals surface area contributed by atoms with Crippen molar-refractivity contribution in [1.82, 2.24) is 0 Å². The summed E-state index contributed by atoms with van der Waals surface area (Å²) in [6, 6.07) is 4.42. The lowest BCUT2D eigenvalue weighted by molar-refractivity contribution is -0.105. The van der Waals surface area contributed by atoms with Crippen LogP contribution in [0.4, 0.5) is 0 Å². The molecule has 0 saturated heterocycles. The van der Waals surface area contributed by atoms with Crippen molar-refractivity contribution in [1.29, 1.82) is 0 Å². The van der Waals surface area contributed by atoms with Crippen LogP contribution in [-0.2, 0) is 11.2 Å². The summed E-state index contributed by atoms with van der Waals surface area (Å²) in [4.78, 5) is 10.9. The predicted octanol–water partition coefficient (Wildman–Crippen LogP) is 3.22. The normalized spacial score (nSPS) is 15.1. The van der Waals surface area contributed by atoms with E-state index in [4.69, 9.17) is 0 Å². The number of carbonyl (C=O) groups is 1. The summed E-state index contributed by atoms with van der Waals surface area (Å²) in [6.07, 6.45) is 2.91. The van der Waals surface area contributed by atoms with Gasteiger partial charge in [0.15, 0.2) is 0 Å². The maximum Gasteiger partial charge on any atom is 0.146 e. The van der Waals surface area contributed by atoms with Crippen LogP contribution in [0.25, 0.3) is 5.57 Å². The molecule has 0 fully saturated rings. The summed E-state index contributed by atoms with van der Waals surface area (Å²) in [7, 11) is 0. The molecule has 0 N–H and O–H groups in total. The zero-order valence-corrected chi connectivity index (χ0v) is 9.55. The van der Waals surface area contributed by atoms with E-state index in [9.17, 15) is 4.79 Å². The number of carbonyl (C=O) groups excluding carboxylic acids is 1. The summed E-state index contributed by atoms with van der Waals surface area (Å²) in [6.45, 7) is 6.32. The van der Waals surface area contributed by atoms with E-state index in [-0.39, 0.29) is 0 Å². The van der Waals surface area contributed by atoms with E-state index < -0.39 is 0 Å². The minimum absolute atomic E-state index is 0.895. The maximum atomic E-state index is 10.9. The summed E-state index contributed by atoms with van der Waals surface area (Å²) in [5, 5.41) is 0. The van der Waals surface area contributed by atoms with E-state index in [1.54, 1.807) is 0 Å². The Morgan fingerprint density at radius 1 is 1.13 bits per heavy atom. The monoisotopic (exact) mass is 200 g/mol. The molecule has 1 aliphatic rings. The van der Waals surface area contributed by atoms with Crippen LogP contribution in [0.1, 0.15) is 35.6 Å². The first-order chi connectivity index (χ1) is 7.13. The minimum atomic E-state index is 0.895. The highest BCUT2D eigenvalue weighted by Crippen LogP contribution is 2.32. The number of allylic oxidation sites excluding steroid dienone is 2. The van der Waals surface area contributed by atoms with E-state index in [2.05, 4.69) is 32.9 Å². The van der Waals surface area contributed by atoms with E-state index in [1.165, 1.54) is 22.3 Å². The molecule has 1 aliphatic carbocycles. The Morgan fingerprint density at radius 2 is 1.87 bits per heavy atom. The highest BCUT2D eigenvalue weighted by Gasteiger charge is 2.17. The zero-order chi connectivity index (χ0) is 11.0. The van der Waals surface area contributed by atoms with Crippen molar-refractivity contribution in [2.75, 3.05) is 0 Å².